The van der Waals surface area contributed by atoms with Crippen LogP contribution in [0.4, 0.5) is 33.7 Å². The number of amides is 2. The van der Waals surface area contributed by atoms with E-state index in [-0.39, 0.29) is 12.2 Å². The van der Waals surface area contributed by atoms with Gasteiger partial charge in [0, 0.05) is 41.1 Å². The summed E-state index contributed by atoms with van der Waals surface area (Å²) in [6.45, 7) is -0.501. The van der Waals surface area contributed by atoms with Gasteiger partial charge in [-0.1, -0.05) is 23.7 Å². The quantitative estimate of drug-likeness (QED) is 0.281. The van der Waals surface area contributed by atoms with E-state index in [1.807, 2.05) is 0 Å². The SMILES string of the molecule is O=C(Nc1cccc(-c2nn(CCF)cc2-c2ccncc2)c1)Nc1ccc(Cl)c(C(F)(F)F)c1. The molecule has 0 saturated heterocycles. The first-order chi connectivity index (χ1) is 16.7. The molecule has 2 aromatic heterocycles. The van der Waals surface area contributed by atoms with Crippen molar-refractivity contribution in [1.29, 1.82) is 0 Å². The molecule has 0 saturated carbocycles. The Morgan fingerprint density at radius 2 is 1.69 bits per heavy atom. The highest BCUT2D eigenvalue weighted by Gasteiger charge is 2.33. The predicted octanol–water partition coefficient (Wildman–Crippen LogP) is 6.90. The summed E-state index contributed by atoms with van der Waals surface area (Å²) in [6.07, 6.45) is 0.344. The van der Waals surface area contributed by atoms with E-state index in [9.17, 15) is 22.4 Å². The summed E-state index contributed by atoms with van der Waals surface area (Å²) in [5.41, 5.74) is 2.07. The van der Waals surface area contributed by atoms with Gasteiger partial charge < -0.3 is 10.6 Å². The van der Waals surface area contributed by atoms with Gasteiger partial charge >= 0.3 is 12.2 Å². The number of nitrogens with one attached hydrogen (secondary N) is 2. The summed E-state index contributed by atoms with van der Waals surface area (Å²) in [4.78, 5) is 16.5. The number of halogens is 5. The molecule has 0 fully saturated rings. The minimum atomic E-state index is -4.66. The fourth-order valence-electron chi connectivity index (χ4n) is 3.44. The van der Waals surface area contributed by atoms with Crippen LogP contribution in [-0.2, 0) is 12.7 Å². The summed E-state index contributed by atoms with van der Waals surface area (Å²) in [5.74, 6) is 0. The van der Waals surface area contributed by atoms with E-state index in [2.05, 4.69) is 20.7 Å². The van der Waals surface area contributed by atoms with E-state index in [1.165, 1.54) is 10.7 Å². The molecule has 4 rings (SSSR count). The van der Waals surface area contributed by atoms with Crippen LogP contribution >= 0.6 is 11.6 Å². The van der Waals surface area contributed by atoms with Gasteiger partial charge in [-0.2, -0.15) is 18.3 Å². The number of aryl methyl sites for hydroxylation is 1. The predicted molar refractivity (Wildman–Crippen MR) is 126 cm³/mol. The Morgan fingerprint density at radius 3 is 2.37 bits per heavy atom. The van der Waals surface area contributed by atoms with Gasteiger partial charge in [0.05, 0.1) is 17.1 Å². The van der Waals surface area contributed by atoms with Crippen LogP contribution in [0.2, 0.25) is 5.02 Å². The number of pyridine rings is 1. The number of alkyl halides is 4. The third-order valence-corrected chi connectivity index (χ3v) is 5.32. The third-order valence-electron chi connectivity index (χ3n) is 4.99. The van der Waals surface area contributed by atoms with E-state index in [0.29, 0.717) is 16.9 Å². The maximum absolute atomic E-state index is 13.1. The lowest BCUT2D eigenvalue weighted by Gasteiger charge is -2.13. The Labute approximate surface area is 202 Å². The molecule has 180 valence electrons. The number of carbonyl (C=O) groups excluding carboxylic acids is 1. The van der Waals surface area contributed by atoms with Crippen LogP contribution in [0.5, 0.6) is 0 Å². The Bertz CT molecular complexity index is 1340. The molecule has 0 radical (unpaired) electrons. The third kappa shape index (κ3) is 5.78. The Kier molecular flexibility index (Phi) is 7.02. The lowest BCUT2D eigenvalue weighted by atomic mass is 10.0. The van der Waals surface area contributed by atoms with Gasteiger partial charge in [-0.05, 0) is 48.0 Å². The molecule has 2 heterocycles. The fourth-order valence-corrected chi connectivity index (χ4v) is 3.66. The zero-order chi connectivity index (χ0) is 25.0. The van der Waals surface area contributed by atoms with Gasteiger partial charge in [-0.25, -0.2) is 9.18 Å². The maximum Gasteiger partial charge on any atom is 0.417 e. The summed E-state index contributed by atoms with van der Waals surface area (Å²) in [7, 11) is 0. The average Bonchev–Trinajstić information content (AvgIpc) is 3.24. The number of aromatic nitrogens is 3. The molecule has 2 amide bonds. The molecule has 2 N–H and O–H groups in total. The molecule has 0 aliphatic heterocycles. The fraction of sp³-hybridized carbons (Fsp3) is 0.125. The van der Waals surface area contributed by atoms with E-state index < -0.39 is 29.5 Å². The molecular weight excluding hydrogens is 486 g/mol. The second-order valence-corrected chi connectivity index (χ2v) is 7.84. The van der Waals surface area contributed by atoms with Crippen molar-refractivity contribution in [3.63, 3.8) is 0 Å². The molecule has 0 aliphatic carbocycles. The minimum Gasteiger partial charge on any atom is -0.308 e. The summed E-state index contributed by atoms with van der Waals surface area (Å²) >= 11 is 5.62. The van der Waals surface area contributed by atoms with Gasteiger partial charge in [0.2, 0.25) is 0 Å². The van der Waals surface area contributed by atoms with E-state index in [1.54, 1.807) is 55.0 Å². The van der Waals surface area contributed by atoms with E-state index >= 15 is 0 Å². The molecular formula is C24H18ClF4N5O. The van der Waals surface area contributed by atoms with Gasteiger partial charge in [0.1, 0.15) is 12.4 Å². The largest absolute Gasteiger partial charge is 0.417 e. The van der Waals surface area contributed by atoms with Crippen LogP contribution in [0.3, 0.4) is 0 Å². The van der Waals surface area contributed by atoms with Gasteiger partial charge in [-0.15, -0.1) is 0 Å². The number of nitrogens with zero attached hydrogens (tertiary/aromatic N) is 3. The van der Waals surface area contributed by atoms with Gasteiger partial charge in [0.25, 0.3) is 0 Å². The molecule has 35 heavy (non-hydrogen) atoms. The first-order valence-corrected chi connectivity index (χ1v) is 10.7. The highest BCUT2D eigenvalue weighted by atomic mass is 35.5. The monoisotopic (exact) mass is 503 g/mol. The van der Waals surface area contributed by atoms with Crippen LogP contribution in [0.15, 0.2) is 73.2 Å². The number of anilines is 2. The number of carbonyl (C=O) groups is 1. The second kappa shape index (κ2) is 10.1. The van der Waals surface area contributed by atoms with Crippen molar-refractivity contribution >= 4 is 29.0 Å². The Balaban J connectivity index is 1.57. The molecule has 0 atom stereocenters. The van der Waals surface area contributed by atoms with Gasteiger partial charge in [-0.3, -0.25) is 9.67 Å². The van der Waals surface area contributed by atoms with Crippen LogP contribution in [-0.4, -0.2) is 27.5 Å². The van der Waals surface area contributed by atoms with Crippen molar-refractivity contribution < 1.29 is 22.4 Å². The van der Waals surface area contributed by atoms with Crippen LogP contribution in [0.1, 0.15) is 5.56 Å². The van der Waals surface area contributed by atoms with Crippen LogP contribution < -0.4 is 10.6 Å². The Hall–Kier alpha value is -3.92. The molecule has 6 nitrogen and oxygen atoms in total. The summed E-state index contributed by atoms with van der Waals surface area (Å²) in [6, 6.07) is 12.7. The number of hydrogen-bond donors (Lipinski definition) is 2. The van der Waals surface area contributed by atoms with Crippen molar-refractivity contribution in [1.82, 2.24) is 14.8 Å². The van der Waals surface area contributed by atoms with E-state index in [4.69, 9.17) is 11.6 Å². The number of rotatable bonds is 6. The Morgan fingerprint density at radius 1 is 0.971 bits per heavy atom. The van der Waals surface area contributed by atoms with Gasteiger partial charge in [0.15, 0.2) is 0 Å². The topological polar surface area (TPSA) is 71.8 Å². The molecule has 2 aromatic carbocycles. The highest BCUT2D eigenvalue weighted by molar-refractivity contribution is 6.31. The normalized spacial score (nSPS) is 11.3. The van der Waals surface area contributed by atoms with Crippen molar-refractivity contribution in [2.75, 3.05) is 17.3 Å². The van der Waals surface area contributed by atoms with Crippen molar-refractivity contribution in [3.05, 3.63) is 83.8 Å². The van der Waals surface area contributed by atoms with Crippen molar-refractivity contribution in [2.45, 2.75) is 12.7 Å². The molecule has 0 aliphatic rings. The first kappa shape index (κ1) is 24.2. The van der Waals surface area contributed by atoms with Crippen molar-refractivity contribution in [2.24, 2.45) is 0 Å². The number of hydrogen-bond acceptors (Lipinski definition) is 3. The second-order valence-electron chi connectivity index (χ2n) is 7.43. The first-order valence-electron chi connectivity index (χ1n) is 10.3. The van der Waals surface area contributed by atoms with E-state index in [0.717, 1.165) is 23.3 Å². The summed E-state index contributed by atoms with van der Waals surface area (Å²) in [5, 5.41) is 8.99. The lowest BCUT2D eigenvalue weighted by Crippen LogP contribution is -2.20. The maximum atomic E-state index is 13.1. The van der Waals surface area contributed by atoms with Crippen LogP contribution in [0.25, 0.3) is 22.4 Å². The zero-order valence-corrected chi connectivity index (χ0v) is 18.7. The van der Waals surface area contributed by atoms with Crippen LogP contribution in [0, 0.1) is 0 Å². The molecule has 4 aromatic rings. The van der Waals surface area contributed by atoms with Crippen molar-refractivity contribution in [3.8, 4) is 22.4 Å². The smallest absolute Gasteiger partial charge is 0.308 e. The molecule has 0 unspecified atom stereocenters. The molecule has 0 spiro atoms. The minimum absolute atomic E-state index is 0.0691. The highest BCUT2D eigenvalue weighted by Crippen LogP contribution is 2.36. The summed E-state index contributed by atoms with van der Waals surface area (Å²) < 4.78 is 53.7. The number of benzene rings is 2. The number of urea groups is 1. The standard InChI is InChI=1S/C24H18ClF4N5O/c25-21-5-4-18(13-20(21)24(27,28)29)32-23(35)31-17-3-1-2-16(12-17)22-19(14-34(33-22)11-8-26)15-6-9-30-10-7-15/h1-7,9-10,12-14H,8,11H2,(H2,31,32,35). The molecule has 11 heteroatoms. The zero-order valence-electron chi connectivity index (χ0n) is 18.0. The average molecular weight is 504 g/mol. The molecule has 0 bridgehead atoms. The lowest BCUT2D eigenvalue weighted by molar-refractivity contribution is -0.137.